The summed E-state index contributed by atoms with van der Waals surface area (Å²) in [6.45, 7) is 5.79. The lowest BCUT2D eigenvalue weighted by Gasteiger charge is -2.18. The Balaban J connectivity index is 1.75. The summed E-state index contributed by atoms with van der Waals surface area (Å²) < 4.78 is 16.2. The Morgan fingerprint density at radius 2 is 1.91 bits per heavy atom. The van der Waals surface area contributed by atoms with Crippen LogP contribution in [0.25, 0.3) is 0 Å². The molecule has 1 aromatic carbocycles. The molecule has 1 aromatic rings. The normalized spacial score (nSPS) is 13.0. The summed E-state index contributed by atoms with van der Waals surface area (Å²) in [5.74, 6) is 0.992. The van der Waals surface area contributed by atoms with Crippen molar-refractivity contribution in [3.8, 4) is 11.5 Å². The minimum atomic E-state index is -0.150. The number of carbonyl (C=O) groups is 2. The van der Waals surface area contributed by atoms with Crippen LogP contribution >= 0.6 is 0 Å². The van der Waals surface area contributed by atoms with Crippen LogP contribution in [0.2, 0.25) is 0 Å². The van der Waals surface area contributed by atoms with Gasteiger partial charge in [-0.3, -0.25) is 9.59 Å². The van der Waals surface area contributed by atoms with Gasteiger partial charge in [0.2, 0.25) is 5.91 Å². The van der Waals surface area contributed by atoms with Crippen LogP contribution in [-0.4, -0.2) is 44.2 Å². The third kappa shape index (κ3) is 5.56. The molecular formula is C17H23NO5. The number of ketones is 1. The van der Waals surface area contributed by atoms with Crippen molar-refractivity contribution in [2.24, 2.45) is 0 Å². The summed E-state index contributed by atoms with van der Waals surface area (Å²) in [5, 5.41) is 2.73. The van der Waals surface area contributed by atoms with Gasteiger partial charge in [-0.1, -0.05) is 0 Å². The van der Waals surface area contributed by atoms with Gasteiger partial charge in [0.1, 0.15) is 13.2 Å². The van der Waals surface area contributed by atoms with Crippen molar-refractivity contribution in [3.63, 3.8) is 0 Å². The second-order valence-corrected chi connectivity index (χ2v) is 5.55. The van der Waals surface area contributed by atoms with E-state index in [0.29, 0.717) is 43.4 Å². The van der Waals surface area contributed by atoms with Crippen LogP contribution in [0, 0.1) is 0 Å². The van der Waals surface area contributed by atoms with E-state index in [4.69, 9.17) is 14.2 Å². The fraction of sp³-hybridized carbons (Fsp3) is 0.529. The molecule has 126 valence electrons. The van der Waals surface area contributed by atoms with E-state index in [0.717, 1.165) is 0 Å². The van der Waals surface area contributed by atoms with Crippen molar-refractivity contribution >= 4 is 11.7 Å². The zero-order valence-electron chi connectivity index (χ0n) is 13.6. The quantitative estimate of drug-likeness (QED) is 0.585. The summed E-state index contributed by atoms with van der Waals surface area (Å²) in [6, 6.07) is 5.10. The molecule has 2 rings (SSSR count). The van der Waals surface area contributed by atoms with Crippen molar-refractivity contribution in [2.75, 3.05) is 26.4 Å². The first-order valence-electron chi connectivity index (χ1n) is 7.87. The second-order valence-electron chi connectivity index (χ2n) is 5.55. The lowest BCUT2D eigenvalue weighted by molar-refractivity contribution is -0.121. The van der Waals surface area contributed by atoms with E-state index in [-0.39, 0.29) is 30.6 Å². The Kier molecular flexibility index (Phi) is 6.40. The van der Waals surface area contributed by atoms with Gasteiger partial charge in [-0.25, -0.2) is 0 Å². The number of amides is 1. The van der Waals surface area contributed by atoms with E-state index < -0.39 is 0 Å². The summed E-state index contributed by atoms with van der Waals surface area (Å²) in [4.78, 5) is 23.8. The van der Waals surface area contributed by atoms with Gasteiger partial charge in [-0.05, 0) is 32.0 Å². The lowest BCUT2D eigenvalue weighted by atomic mass is 10.1. The Labute approximate surface area is 136 Å². The first-order valence-corrected chi connectivity index (χ1v) is 7.87. The summed E-state index contributed by atoms with van der Waals surface area (Å²) in [6.07, 6.45) is 0.467. The van der Waals surface area contributed by atoms with E-state index in [1.807, 2.05) is 13.8 Å². The maximum absolute atomic E-state index is 12.2. The second kappa shape index (κ2) is 8.53. The smallest absolute Gasteiger partial charge is 0.220 e. The molecule has 0 unspecified atom stereocenters. The van der Waals surface area contributed by atoms with Crippen molar-refractivity contribution in [3.05, 3.63) is 23.8 Å². The van der Waals surface area contributed by atoms with Crippen LogP contribution in [0.5, 0.6) is 11.5 Å². The maximum Gasteiger partial charge on any atom is 0.220 e. The Morgan fingerprint density at radius 3 is 2.65 bits per heavy atom. The molecule has 1 aliphatic rings. The number of fused-ring (bicyclic) bond motifs is 1. The molecule has 1 aliphatic heterocycles. The molecule has 0 bridgehead atoms. The van der Waals surface area contributed by atoms with Crippen LogP contribution in [0.15, 0.2) is 18.2 Å². The van der Waals surface area contributed by atoms with E-state index in [1.165, 1.54) is 0 Å². The molecular weight excluding hydrogens is 298 g/mol. The number of hydrogen-bond acceptors (Lipinski definition) is 5. The molecule has 0 fully saturated rings. The molecule has 0 aliphatic carbocycles. The largest absolute Gasteiger partial charge is 0.486 e. The Morgan fingerprint density at radius 1 is 1.17 bits per heavy atom. The maximum atomic E-state index is 12.2. The molecule has 6 nitrogen and oxygen atoms in total. The molecule has 23 heavy (non-hydrogen) atoms. The highest BCUT2D eigenvalue weighted by Gasteiger charge is 2.15. The van der Waals surface area contributed by atoms with Crippen LogP contribution in [0.4, 0.5) is 0 Å². The summed E-state index contributed by atoms with van der Waals surface area (Å²) in [5.41, 5.74) is 0.533. The van der Waals surface area contributed by atoms with Crippen LogP contribution in [0.1, 0.15) is 37.0 Å². The number of hydrogen-bond donors (Lipinski definition) is 1. The zero-order chi connectivity index (χ0) is 16.7. The van der Waals surface area contributed by atoms with Crippen LogP contribution in [-0.2, 0) is 9.53 Å². The van der Waals surface area contributed by atoms with E-state index in [2.05, 4.69) is 5.32 Å². The van der Waals surface area contributed by atoms with E-state index in [1.54, 1.807) is 18.2 Å². The highest BCUT2D eigenvalue weighted by atomic mass is 16.6. The third-order valence-electron chi connectivity index (χ3n) is 3.32. The SMILES string of the molecule is CC(C)OCCNC(=O)CCC(=O)c1ccc2c(c1)OCCO2. The van der Waals surface area contributed by atoms with Gasteiger partial charge in [-0.15, -0.1) is 0 Å². The van der Waals surface area contributed by atoms with Crippen molar-refractivity contribution in [2.45, 2.75) is 32.8 Å². The minimum Gasteiger partial charge on any atom is -0.486 e. The molecule has 1 amide bonds. The number of benzene rings is 1. The standard InChI is InChI=1S/C17H23NO5/c1-12(2)21-8-7-18-17(20)6-4-14(19)13-3-5-15-16(11-13)23-10-9-22-15/h3,5,11-12H,4,6-10H2,1-2H3,(H,18,20). The Bertz CT molecular complexity index is 556. The van der Waals surface area contributed by atoms with Crippen molar-refractivity contribution in [1.29, 1.82) is 0 Å². The van der Waals surface area contributed by atoms with Gasteiger partial charge in [0.25, 0.3) is 0 Å². The average Bonchev–Trinajstić information content (AvgIpc) is 2.56. The molecule has 1 heterocycles. The summed E-state index contributed by atoms with van der Waals surface area (Å²) in [7, 11) is 0. The first-order chi connectivity index (χ1) is 11.1. The van der Waals surface area contributed by atoms with Gasteiger partial charge in [0.05, 0.1) is 12.7 Å². The van der Waals surface area contributed by atoms with Crippen LogP contribution < -0.4 is 14.8 Å². The van der Waals surface area contributed by atoms with Gasteiger partial charge in [0, 0.05) is 24.9 Å². The van der Waals surface area contributed by atoms with E-state index in [9.17, 15) is 9.59 Å². The number of ether oxygens (including phenoxy) is 3. The van der Waals surface area contributed by atoms with Crippen molar-refractivity contribution < 1.29 is 23.8 Å². The molecule has 0 radical (unpaired) electrons. The van der Waals surface area contributed by atoms with Gasteiger partial charge < -0.3 is 19.5 Å². The molecule has 6 heteroatoms. The number of rotatable bonds is 8. The molecule has 0 saturated heterocycles. The lowest BCUT2D eigenvalue weighted by Crippen LogP contribution is -2.28. The highest BCUT2D eigenvalue weighted by Crippen LogP contribution is 2.31. The highest BCUT2D eigenvalue weighted by molar-refractivity contribution is 5.98. The van der Waals surface area contributed by atoms with Crippen LogP contribution in [0.3, 0.4) is 0 Å². The molecule has 1 N–H and O–H groups in total. The Hall–Kier alpha value is -2.08. The number of carbonyl (C=O) groups excluding carboxylic acids is 2. The minimum absolute atomic E-state index is 0.0875. The third-order valence-corrected chi connectivity index (χ3v) is 3.32. The molecule has 0 saturated carbocycles. The van der Waals surface area contributed by atoms with Gasteiger partial charge >= 0.3 is 0 Å². The molecule has 0 spiro atoms. The van der Waals surface area contributed by atoms with E-state index >= 15 is 0 Å². The monoisotopic (exact) mass is 321 g/mol. The number of Topliss-reactive ketones (excluding diaryl/α,β-unsaturated/α-hetero) is 1. The first kappa shape index (κ1) is 17.3. The number of nitrogens with one attached hydrogen (secondary N) is 1. The van der Waals surface area contributed by atoms with Crippen molar-refractivity contribution in [1.82, 2.24) is 5.32 Å². The fourth-order valence-corrected chi connectivity index (χ4v) is 2.16. The predicted molar refractivity (Wildman–Crippen MR) is 85.1 cm³/mol. The van der Waals surface area contributed by atoms with Gasteiger partial charge in [-0.2, -0.15) is 0 Å². The summed E-state index contributed by atoms with van der Waals surface area (Å²) >= 11 is 0. The molecule has 0 aromatic heterocycles. The zero-order valence-corrected chi connectivity index (χ0v) is 13.6. The topological polar surface area (TPSA) is 73.9 Å². The fourth-order valence-electron chi connectivity index (χ4n) is 2.16. The average molecular weight is 321 g/mol. The predicted octanol–water partition coefficient (Wildman–Crippen LogP) is 1.96. The van der Waals surface area contributed by atoms with Gasteiger partial charge in [0.15, 0.2) is 17.3 Å². The molecule has 0 atom stereocenters.